The second-order valence-corrected chi connectivity index (χ2v) is 4.64. The fourth-order valence-electron chi connectivity index (χ4n) is 1.32. The van der Waals surface area contributed by atoms with Crippen LogP contribution in [0.4, 0.5) is 0 Å². The first-order chi connectivity index (χ1) is 6.57. The summed E-state index contributed by atoms with van der Waals surface area (Å²) in [4.78, 5) is 0. The Kier molecular flexibility index (Phi) is 7.87. The van der Waals surface area contributed by atoms with Gasteiger partial charge in [0.1, 0.15) is 0 Å². The molecule has 14 heavy (non-hydrogen) atoms. The van der Waals surface area contributed by atoms with Crippen molar-refractivity contribution in [1.82, 2.24) is 5.32 Å². The van der Waals surface area contributed by atoms with E-state index >= 15 is 0 Å². The molecule has 0 fully saturated rings. The molecule has 0 saturated heterocycles. The second-order valence-electron chi connectivity index (χ2n) is 4.64. The molecular weight excluding hydrogens is 170 g/mol. The number of hydrogen-bond donors (Lipinski definition) is 1. The Balaban J connectivity index is 3.51. The molecule has 0 spiro atoms. The third-order valence-electron chi connectivity index (χ3n) is 2.73. The van der Waals surface area contributed by atoms with Crippen LogP contribution in [-0.4, -0.2) is 13.1 Å². The van der Waals surface area contributed by atoms with E-state index in [2.05, 4.69) is 46.0 Å². The van der Waals surface area contributed by atoms with Crippen molar-refractivity contribution in [2.24, 2.45) is 11.8 Å². The van der Waals surface area contributed by atoms with E-state index in [0.717, 1.165) is 24.9 Å². The van der Waals surface area contributed by atoms with Crippen molar-refractivity contribution >= 4 is 0 Å². The van der Waals surface area contributed by atoms with Gasteiger partial charge in [0, 0.05) is 0 Å². The quantitative estimate of drug-likeness (QED) is 0.485. The molecule has 0 aromatic heterocycles. The Bertz CT molecular complexity index is 159. The van der Waals surface area contributed by atoms with Gasteiger partial charge in [0.2, 0.25) is 0 Å². The summed E-state index contributed by atoms with van der Waals surface area (Å²) in [5.74, 6) is 1.51. The predicted molar refractivity (Wildman–Crippen MR) is 65.5 cm³/mol. The molecule has 1 N–H and O–H groups in total. The summed E-state index contributed by atoms with van der Waals surface area (Å²) in [5.41, 5.74) is 1.54. The Morgan fingerprint density at radius 1 is 1.29 bits per heavy atom. The van der Waals surface area contributed by atoms with Crippen LogP contribution in [0.15, 0.2) is 11.6 Å². The maximum Gasteiger partial charge on any atom is -0.00141 e. The minimum Gasteiger partial charge on any atom is -0.316 e. The van der Waals surface area contributed by atoms with Crippen molar-refractivity contribution in [2.75, 3.05) is 13.1 Å². The zero-order valence-electron chi connectivity index (χ0n) is 10.6. The van der Waals surface area contributed by atoms with Crippen molar-refractivity contribution in [3.8, 4) is 0 Å². The number of allylic oxidation sites excluding steroid dienone is 1. The van der Waals surface area contributed by atoms with Gasteiger partial charge in [-0.25, -0.2) is 0 Å². The van der Waals surface area contributed by atoms with Gasteiger partial charge in [-0.3, -0.25) is 0 Å². The lowest BCUT2D eigenvalue weighted by Gasteiger charge is -2.09. The van der Waals surface area contributed by atoms with Gasteiger partial charge in [-0.1, -0.05) is 39.3 Å². The van der Waals surface area contributed by atoms with Crippen LogP contribution >= 0.6 is 0 Å². The molecular formula is C13H27N. The average molecular weight is 197 g/mol. The van der Waals surface area contributed by atoms with Crippen molar-refractivity contribution in [3.05, 3.63) is 11.6 Å². The number of hydrogen-bond acceptors (Lipinski definition) is 1. The monoisotopic (exact) mass is 197 g/mol. The molecule has 0 radical (unpaired) electrons. The Hall–Kier alpha value is -0.300. The van der Waals surface area contributed by atoms with Crippen LogP contribution in [0.5, 0.6) is 0 Å². The Labute approximate surface area is 90.0 Å². The minimum atomic E-state index is 0.750. The van der Waals surface area contributed by atoms with Gasteiger partial charge in [-0.05, 0) is 44.7 Å². The molecule has 84 valence electrons. The van der Waals surface area contributed by atoms with Gasteiger partial charge >= 0.3 is 0 Å². The van der Waals surface area contributed by atoms with Crippen LogP contribution in [0.25, 0.3) is 0 Å². The van der Waals surface area contributed by atoms with E-state index in [4.69, 9.17) is 0 Å². The summed E-state index contributed by atoms with van der Waals surface area (Å²) in [6, 6.07) is 0. The fourth-order valence-corrected chi connectivity index (χ4v) is 1.32. The molecule has 0 aromatic carbocycles. The summed E-state index contributed by atoms with van der Waals surface area (Å²) in [5, 5.41) is 3.45. The third kappa shape index (κ3) is 7.14. The first-order valence-electron chi connectivity index (χ1n) is 5.95. The van der Waals surface area contributed by atoms with E-state index in [9.17, 15) is 0 Å². The van der Waals surface area contributed by atoms with E-state index in [1.165, 1.54) is 12.8 Å². The van der Waals surface area contributed by atoms with Crippen LogP contribution in [0.3, 0.4) is 0 Å². The van der Waals surface area contributed by atoms with E-state index in [-0.39, 0.29) is 0 Å². The minimum absolute atomic E-state index is 0.750. The largest absolute Gasteiger partial charge is 0.316 e. The molecule has 0 amide bonds. The molecule has 0 saturated carbocycles. The smallest absolute Gasteiger partial charge is 0.00141 e. The molecule has 0 aliphatic heterocycles. The maximum atomic E-state index is 3.45. The lowest BCUT2D eigenvalue weighted by atomic mass is 9.99. The van der Waals surface area contributed by atoms with Crippen molar-refractivity contribution < 1.29 is 0 Å². The molecule has 0 aliphatic rings. The topological polar surface area (TPSA) is 12.0 Å². The van der Waals surface area contributed by atoms with Crippen LogP contribution in [-0.2, 0) is 0 Å². The van der Waals surface area contributed by atoms with Crippen LogP contribution in [0, 0.1) is 11.8 Å². The Morgan fingerprint density at radius 2 is 1.93 bits per heavy atom. The van der Waals surface area contributed by atoms with Gasteiger partial charge in [-0.2, -0.15) is 0 Å². The molecule has 0 aliphatic carbocycles. The van der Waals surface area contributed by atoms with Gasteiger partial charge in [0.25, 0.3) is 0 Å². The molecule has 0 rings (SSSR count). The van der Waals surface area contributed by atoms with E-state index in [0.29, 0.717) is 0 Å². The second kappa shape index (κ2) is 8.05. The fraction of sp³-hybridized carbons (Fsp3) is 0.846. The summed E-state index contributed by atoms with van der Waals surface area (Å²) in [6.45, 7) is 13.5. The zero-order chi connectivity index (χ0) is 11.0. The highest BCUT2D eigenvalue weighted by Gasteiger charge is 1.99. The summed E-state index contributed by atoms with van der Waals surface area (Å²) < 4.78 is 0. The molecule has 0 bridgehead atoms. The normalized spacial score (nSPS) is 14.9. The zero-order valence-corrected chi connectivity index (χ0v) is 10.6. The van der Waals surface area contributed by atoms with Gasteiger partial charge < -0.3 is 5.32 Å². The molecule has 1 heteroatoms. The first-order valence-corrected chi connectivity index (χ1v) is 5.95. The maximum absolute atomic E-state index is 3.45. The molecule has 1 nitrogen and oxygen atoms in total. The molecule has 0 heterocycles. The molecule has 1 unspecified atom stereocenters. The summed E-state index contributed by atoms with van der Waals surface area (Å²) >= 11 is 0. The lowest BCUT2D eigenvalue weighted by Crippen LogP contribution is -2.20. The van der Waals surface area contributed by atoms with Crippen LogP contribution in [0.1, 0.15) is 47.5 Å². The average Bonchev–Trinajstić information content (AvgIpc) is 2.15. The van der Waals surface area contributed by atoms with Crippen molar-refractivity contribution in [1.29, 1.82) is 0 Å². The standard InChI is InChI=1S/C13H27N/c1-6-12(4)13(5)8-7-9-14-10-11(2)3/h8,11-12,14H,6-7,9-10H2,1-5H3. The highest BCUT2D eigenvalue weighted by molar-refractivity contribution is 5.01. The van der Waals surface area contributed by atoms with Crippen LogP contribution < -0.4 is 5.32 Å². The SMILES string of the molecule is CCC(C)C(C)=CCCNCC(C)C. The lowest BCUT2D eigenvalue weighted by molar-refractivity contribution is 0.555. The van der Waals surface area contributed by atoms with Gasteiger partial charge in [0.05, 0.1) is 0 Å². The van der Waals surface area contributed by atoms with E-state index < -0.39 is 0 Å². The number of nitrogens with one attached hydrogen (secondary N) is 1. The molecule has 0 aromatic rings. The van der Waals surface area contributed by atoms with E-state index in [1.54, 1.807) is 5.57 Å². The molecule has 1 atom stereocenters. The van der Waals surface area contributed by atoms with E-state index in [1.807, 2.05) is 0 Å². The van der Waals surface area contributed by atoms with Gasteiger partial charge in [-0.15, -0.1) is 0 Å². The summed E-state index contributed by atoms with van der Waals surface area (Å²) in [7, 11) is 0. The van der Waals surface area contributed by atoms with Crippen LogP contribution in [0.2, 0.25) is 0 Å². The third-order valence-corrected chi connectivity index (χ3v) is 2.73. The van der Waals surface area contributed by atoms with Crippen molar-refractivity contribution in [2.45, 2.75) is 47.5 Å². The number of rotatable bonds is 7. The predicted octanol–water partition coefficient (Wildman–Crippen LogP) is 3.61. The highest BCUT2D eigenvalue weighted by Crippen LogP contribution is 2.13. The van der Waals surface area contributed by atoms with Gasteiger partial charge in [0.15, 0.2) is 0 Å². The van der Waals surface area contributed by atoms with Crippen molar-refractivity contribution in [3.63, 3.8) is 0 Å². The Morgan fingerprint density at radius 3 is 2.43 bits per heavy atom. The highest BCUT2D eigenvalue weighted by atomic mass is 14.8. The summed E-state index contributed by atoms with van der Waals surface area (Å²) in [6.07, 6.45) is 4.80. The first kappa shape index (κ1) is 13.7.